The van der Waals surface area contributed by atoms with E-state index >= 15 is 0 Å². The highest BCUT2D eigenvalue weighted by Crippen LogP contribution is 2.20. The van der Waals surface area contributed by atoms with Gasteiger partial charge in [-0.2, -0.15) is 4.98 Å². The van der Waals surface area contributed by atoms with E-state index in [-0.39, 0.29) is 5.82 Å². The predicted octanol–water partition coefficient (Wildman–Crippen LogP) is 3.33. The lowest BCUT2D eigenvalue weighted by Crippen LogP contribution is -2.05. The van der Waals surface area contributed by atoms with E-state index in [4.69, 9.17) is 0 Å². The Morgan fingerprint density at radius 2 is 1.91 bits per heavy atom. The number of hydrogen-bond donors (Lipinski definition) is 2. The highest BCUT2D eigenvalue weighted by Gasteiger charge is 2.06. The van der Waals surface area contributed by atoms with Crippen molar-refractivity contribution in [3.05, 3.63) is 66.2 Å². The number of rotatable bonds is 5. The van der Waals surface area contributed by atoms with E-state index in [9.17, 15) is 4.39 Å². The summed E-state index contributed by atoms with van der Waals surface area (Å²) < 4.78 is 12.9. The van der Waals surface area contributed by atoms with Gasteiger partial charge in [-0.25, -0.2) is 9.37 Å². The Hall–Kier alpha value is -3.02. The molecule has 23 heavy (non-hydrogen) atoms. The van der Waals surface area contributed by atoms with Crippen LogP contribution in [0.3, 0.4) is 0 Å². The molecule has 3 rings (SSSR count). The lowest BCUT2D eigenvalue weighted by Gasteiger charge is -2.10. The van der Waals surface area contributed by atoms with Gasteiger partial charge in [0.15, 0.2) is 0 Å². The Bertz CT molecular complexity index is 775. The summed E-state index contributed by atoms with van der Waals surface area (Å²) in [5.74, 6) is 0.965. The first-order valence-corrected chi connectivity index (χ1v) is 7.20. The van der Waals surface area contributed by atoms with Crippen LogP contribution in [0.5, 0.6) is 0 Å². The van der Waals surface area contributed by atoms with E-state index in [0.717, 1.165) is 16.8 Å². The maximum atomic E-state index is 12.9. The van der Waals surface area contributed by atoms with E-state index in [0.29, 0.717) is 18.3 Å². The molecule has 0 radical (unpaired) electrons. The summed E-state index contributed by atoms with van der Waals surface area (Å²) in [7, 11) is 1.77. The van der Waals surface area contributed by atoms with Crippen molar-refractivity contribution in [2.45, 2.75) is 6.54 Å². The average molecular weight is 309 g/mol. The quantitative estimate of drug-likeness (QED) is 0.757. The second-order valence-corrected chi connectivity index (χ2v) is 4.93. The molecule has 0 saturated carbocycles. The predicted molar refractivity (Wildman–Crippen MR) is 88.5 cm³/mol. The van der Waals surface area contributed by atoms with Crippen LogP contribution < -0.4 is 10.6 Å². The van der Waals surface area contributed by atoms with Crippen LogP contribution in [0, 0.1) is 5.82 Å². The van der Waals surface area contributed by atoms with Crippen molar-refractivity contribution in [3.8, 4) is 11.3 Å². The third kappa shape index (κ3) is 3.79. The molecule has 1 aromatic carbocycles. The Balaban J connectivity index is 1.82. The fourth-order valence-electron chi connectivity index (χ4n) is 2.11. The van der Waals surface area contributed by atoms with Crippen molar-refractivity contribution in [1.82, 2.24) is 15.0 Å². The normalized spacial score (nSPS) is 10.3. The van der Waals surface area contributed by atoms with Crippen LogP contribution in [0.4, 0.5) is 16.2 Å². The molecule has 0 aliphatic heterocycles. The molecule has 6 heteroatoms. The van der Waals surface area contributed by atoms with Crippen LogP contribution in [-0.2, 0) is 6.54 Å². The topological polar surface area (TPSA) is 62.7 Å². The zero-order valence-electron chi connectivity index (χ0n) is 12.6. The summed E-state index contributed by atoms with van der Waals surface area (Å²) in [5, 5.41) is 6.18. The molecule has 0 saturated heterocycles. The lowest BCUT2D eigenvalue weighted by molar-refractivity contribution is 0.627. The number of halogens is 1. The number of nitrogens with one attached hydrogen (secondary N) is 2. The van der Waals surface area contributed by atoms with Crippen molar-refractivity contribution in [2.75, 3.05) is 17.7 Å². The van der Waals surface area contributed by atoms with E-state index in [2.05, 4.69) is 25.6 Å². The molecule has 3 aromatic rings. The Labute approximate surface area is 133 Å². The number of anilines is 2. The van der Waals surface area contributed by atoms with Crippen LogP contribution in [0.2, 0.25) is 0 Å². The molecule has 0 atom stereocenters. The Morgan fingerprint density at radius 1 is 1.09 bits per heavy atom. The number of nitrogens with zero attached hydrogens (tertiary/aromatic N) is 3. The van der Waals surface area contributed by atoms with Gasteiger partial charge in [0.05, 0.1) is 5.69 Å². The fraction of sp³-hybridized carbons (Fsp3) is 0.118. The highest BCUT2D eigenvalue weighted by molar-refractivity contribution is 5.63. The van der Waals surface area contributed by atoms with Crippen molar-refractivity contribution in [1.29, 1.82) is 0 Å². The second-order valence-electron chi connectivity index (χ2n) is 4.93. The van der Waals surface area contributed by atoms with Crippen molar-refractivity contribution in [3.63, 3.8) is 0 Å². The minimum Gasteiger partial charge on any atom is -0.366 e. The minimum absolute atomic E-state index is 0.243. The summed E-state index contributed by atoms with van der Waals surface area (Å²) in [6.07, 6.45) is 3.48. The van der Waals surface area contributed by atoms with Crippen LogP contribution in [0.25, 0.3) is 11.3 Å². The van der Waals surface area contributed by atoms with Gasteiger partial charge in [-0.15, -0.1) is 0 Å². The number of pyridine rings is 1. The Kier molecular flexibility index (Phi) is 4.42. The number of hydrogen-bond acceptors (Lipinski definition) is 5. The molecule has 2 aromatic heterocycles. The van der Waals surface area contributed by atoms with Gasteiger partial charge in [0.2, 0.25) is 5.95 Å². The molecule has 2 heterocycles. The standard InChI is InChI=1S/C17H16FN5/c1-19-17-22-15(13-3-2-8-20-11-13)9-16(23-17)21-10-12-4-6-14(18)7-5-12/h2-9,11H,10H2,1H3,(H2,19,21,22,23). The zero-order chi connectivity index (χ0) is 16.1. The summed E-state index contributed by atoms with van der Waals surface area (Å²) in [4.78, 5) is 12.9. The van der Waals surface area contributed by atoms with Gasteiger partial charge < -0.3 is 10.6 Å². The summed E-state index contributed by atoms with van der Waals surface area (Å²) in [5.41, 5.74) is 2.66. The monoisotopic (exact) mass is 309 g/mol. The molecular formula is C17H16FN5. The SMILES string of the molecule is CNc1nc(NCc2ccc(F)cc2)cc(-c2cccnc2)n1. The van der Waals surface area contributed by atoms with Crippen molar-refractivity contribution < 1.29 is 4.39 Å². The van der Waals surface area contributed by atoms with Gasteiger partial charge in [-0.05, 0) is 29.8 Å². The number of benzene rings is 1. The summed E-state index contributed by atoms with van der Waals surface area (Å²) in [6, 6.07) is 12.0. The third-order valence-corrected chi connectivity index (χ3v) is 3.29. The first-order chi connectivity index (χ1) is 11.2. The molecule has 0 spiro atoms. The van der Waals surface area contributed by atoms with Crippen LogP contribution in [0.1, 0.15) is 5.56 Å². The Morgan fingerprint density at radius 3 is 2.61 bits per heavy atom. The van der Waals surface area contributed by atoms with Gasteiger partial charge in [0, 0.05) is 37.6 Å². The molecule has 0 unspecified atom stereocenters. The van der Waals surface area contributed by atoms with Crippen molar-refractivity contribution in [2.24, 2.45) is 0 Å². The van der Waals surface area contributed by atoms with Gasteiger partial charge in [-0.3, -0.25) is 4.98 Å². The summed E-state index contributed by atoms with van der Waals surface area (Å²) >= 11 is 0. The van der Waals surface area contributed by atoms with Gasteiger partial charge in [0.25, 0.3) is 0 Å². The average Bonchev–Trinajstić information content (AvgIpc) is 2.61. The molecule has 0 amide bonds. The van der Waals surface area contributed by atoms with Gasteiger partial charge in [-0.1, -0.05) is 12.1 Å². The van der Waals surface area contributed by atoms with E-state index < -0.39 is 0 Å². The van der Waals surface area contributed by atoms with Gasteiger partial charge in [0.1, 0.15) is 11.6 Å². The van der Waals surface area contributed by atoms with Crippen LogP contribution >= 0.6 is 0 Å². The molecule has 0 aliphatic carbocycles. The van der Waals surface area contributed by atoms with E-state index in [1.165, 1.54) is 12.1 Å². The molecule has 0 aliphatic rings. The van der Waals surface area contributed by atoms with E-state index in [1.54, 1.807) is 31.6 Å². The molecule has 0 fully saturated rings. The first-order valence-electron chi connectivity index (χ1n) is 7.20. The molecule has 5 nitrogen and oxygen atoms in total. The third-order valence-electron chi connectivity index (χ3n) is 3.29. The van der Waals surface area contributed by atoms with Gasteiger partial charge >= 0.3 is 0 Å². The van der Waals surface area contributed by atoms with Crippen molar-refractivity contribution >= 4 is 11.8 Å². The first kappa shape index (κ1) is 14.9. The maximum absolute atomic E-state index is 12.9. The minimum atomic E-state index is -0.243. The lowest BCUT2D eigenvalue weighted by atomic mass is 10.2. The van der Waals surface area contributed by atoms with Crippen LogP contribution in [0.15, 0.2) is 54.9 Å². The van der Waals surface area contributed by atoms with Crippen LogP contribution in [-0.4, -0.2) is 22.0 Å². The largest absolute Gasteiger partial charge is 0.366 e. The molecule has 2 N–H and O–H groups in total. The molecule has 0 bridgehead atoms. The molecular weight excluding hydrogens is 293 g/mol. The number of aromatic nitrogens is 3. The fourth-order valence-corrected chi connectivity index (χ4v) is 2.11. The smallest absolute Gasteiger partial charge is 0.224 e. The second kappa shape index (κ2) is 6.83. The summed E-state index contributed by atoms with van der Waals surface area (Å²) in [6.45, 7) is 0.549. The zero-order valence-corrected chi connectivity index (χ0v) is 12.6. The van der Waals surface area contributed by atoms with E-state index in [1.807, 2.05) is 18.2 Å². The maximum Gasteiger partial charge on any atom is 0.224 e. The highest BCUT2D eigenvalue weighted by atomic mass is 19.1. The molecule has 116 valence electrons.